The second kappa shape index (κ2) is 9.18. The first kappa shape index (κ1) is 22.9. The van der Waals surface area contributed by atoms with Crippen molar-refractivity contribution in [3.8, 4) is 11.5 Å². The number of hydrogen-bond donors (Lipinski definition) is 0. The summed E-state index contributed by atoms with van der Waals surface area (Å²) < 4.78 is 40.4. The van der Waals surface area contributed by atoms with Gasteiger partial charge in [0.05, 0.1) is 18.4 Å². The Kier molecular flexibility index (Phi) is 6.58. The van der Waals surface area contributed by atoms with E-state index in [4.69, 9.17) is 9.47 Å². The smallest absolute Gasteiger partial charge is 0.337 e. The van der Waals surface area contributed by atoms with Crippen molar-refractivity contribution in [2.24, 2.45) is 4.40 Å². The molecule has 10 nitrogen and oxygen atoms in total. The first-order chi connectivity index (χ1) is 15.1. The monoisotopic (exact) mass is 459 g/mol. The number of carbonyl (C=O) groups excluding carboxylic acids is 3. The average molecular weight is 459 g/mol. The van der Waals surface area contributed by atoms with Gasteiger partial charge >= 0.3 is 5.97 Å². The van der Waals surface area contributed by atoms with Gasteiger partial charge in [-0.3, -0.25) is 9.59 Å². The number of benzene rings is 2. The lowest BCUT2D eigenvalue weighted by Crippen LogP contribution is -2.29. The lowest BCUT2D eigenvalue weighted by Gasteiger charge is -2.21. The number of hydrogen-bond acceptors (Lipinski definition) is 7. The van der Waals surface area contributed by atoms with E-state index in [1.54, 1.807) is 44.4 Å². The van der Waals surface area contributed by atoms with Gasteiger partial charge in [-0.1, -0.05) is 18.2 Å². The highest BCUT2D eigenvalue weighted by Crippen LogP contribution is 2.42. The van der Waals surface area contributed by atoms with E-state index in [-0.39, 0.29) is 35.6 Å². The van der Waals surface area contributed by atoms with E-state index < -0.39 is 32.7 Å². The predicted octanol–water partition coefficient (Wildman–Crippen LogP) is 2.20. The van der Waals surface area contributed by atoms with E-state index in [1.807, 2.05) is 0 Å². The second-order valence-electron chi connectivity index (χ2n) is 7.01. The van der Waals surface area contributed by atoms with Crippen molar-refractivity contribution in [3.05, 3.63) is 48.0 Å². The SMILES string of the molecule is COC(=O)c1cc(N2C(=O)CCC2=O)c(Oc2ccccc2)c(S(=O)(=O)N=CN(C)C)c1. The summed E-state index contributed by atoms with van der Waals surface area (Å²) in [5.74, 6) is -2.00. The number of carbonyl (C=O) groups is 3. The maximum absolute atomic E-state index is 13.1. The van der Waals surface area contributed by atoms with Crippen LogP contribution >= 0.6 is 0 Å². The molecule has 1 aliphatic rings. The highest BCUT2D eigenvalue weighted by Gasteiger charge is 2.36. The number of para-hydroxylation sites is 1. The molecule has 0 atom stereocenters. The summed E-state index contributed by atoms with van der Waals surface area (Å²) >= 11 is 0. The number of imide groups is 1. The van der Waals surface area contributed by atoms with E-state index in [0.717, 1.165) is 24.4 Å². The maximum atomic E-state index is 13.1. The normalized spacial score (nSPS) is 14.2. The second-order valence-corrected chi connectivity index (χ2v) is 8.61. The molecule has 3 rings (SSSR count). The van der Waals surface area contributed by atoms with Crippen LogP contribution in [0.3, 0.4) is 0 Å². The van der Waals surface area contributed by atoms with Gasteiger partial charge < -0.3 is 14.4 Å². The Hall–Kier alpha value is -3.73. The molecule has 2 aromatic carbocycles. The molecule has 2 aromatic rings. The van der Waals surface area contributed by atoms with Crippen molar-refractivity contribution < 1.29 is 32.3 Å². The van der Waals surface area contributed by atoms with Gasteiger partial charge in [-0.2, -0.15) is 8.42 Å². The van der Waals surface area contributed by atoms with Crippen molar-refractivity contribution in [3.63, 3.8) is 0 Å². The molecule has 11 heteroatoms. The van der Waals surface area contributed by atoms with Crippen LogP contribution in [0.15, 0.2) is 51.8 Å². The fourth-order valence-corrected chi connectivity index (χ4v) is 4.03. The Bertz CT molecular complexity index is 1180. The van der Waals surface area contributed by atoms with E-state index in [9.17, 15) is 22.8 Å². The minimum atomic E-state index is -4.41. The first-order valence-electron chi connectivity index (χ1n) is 9.46. The summed E-state index contributed by atoms with van der Waals surface area (Å²) in [4.78, 5) is 38.9. The molecule has 0 N–H and O–H groups in total. The van der Waals surface area contributed by atoms with Gasteiger partial charge in [0.2, 0.25) is 11.8 Å². The molecule has 0 bridgehead atoms. The number of methoxy groups -OCH3 is 1. The molecule has 0 spiro atoms. The molecule has 1 heterocycles. The summed E-state index contributed by atoms with van der Waals surface area (Å²) in [7, 11) is -0.122. The minimum absolute atomic E-state index is 0.0487. The number of sulfonamides is 1. The zero-order valence-electron chi connectivity index (χ0n) is 17.6. The Balaban J connectivity index is 2.33. The molecule has 0 radical (unpaired) electrons. The molecular formula is C21H21N3O7S. The zero-order chi connectivity index (χ0) is 23.5. The lowest BCUT2D eigenvalue weighted by atomic mass is 10.1. The molecule has 0 saturated carbocycles. The van der Waals surface area contributed by atoms with E-state index in [2.05, 4.69) is 4.40 Å². The van der Waals surface area contributed by atoms with Crippen LogP contribution in [0.25, 0.3) is 0 Å². The quantitative estimate of drug-likeness (QED) is 0.267. The standard InChI is InChI=1S/C21H21N3O7S/c1-23(2)13-22-32(28,29)17-12-14(21(27)30-3)11-16(24-18(25)9-10-19(24)26)20(17)31-15-7-5-4-6-8-15/h4-8,11-13H,9-10H2,1-3H3. The Morgan fingerprint density at radius 3 is 2.28 bits per heavy atom. The number of esters is 1. The van der Waals surface area contributed by atoms with Crippen LogP contribution in [0.5, 0.6) is 11.5 Å². The molecule has 2 amide bonds. The molecule has 1 saturated heterocycles. The van der Waals surface area contributed by atoms with E-state index >= 15 is 0 Å². The van der Waals surface area contributed by atoms with Gasteiger partial charge in [0.1, 0.15) is 17.0 Å². The van der Waals surface area contributed by atoms with Crippen LogP contribution < -0.4 is 9.64 Å². The van der Waals surface area contributed by atoms with Gasteiger partial charge in [-0.25, -0.2) is 9.69 Å². The van der Waals surface area contributed by atoms with Crippen molar-refractivity contribution in [1.82, 2.24) is 4.90 Å². The van der Waals surface area contributed by atoms with Gasteiger partial charge in [0.15, 0.2) is 5.75 Å². The highest BCUT2D eigenvalue weighted by molar-refractivity contribution is 7.90. The molecule has 0 aromatic heterocycles. The van der Waals surface area contributed by atoms with Crippen LogP contribution in [0, 0.1) is 0 Å². The van der Waals surface area contributed by atoms with Crippen molar-refractivity contribution >= 4 is 39.8 Å². The third-order valence-electron chi connectivity index (χ3n) is 4.41. The molecule has 0 aliphatic carbocycles. The third kappa shape index (κ3) is 4.78. The van der Waals surface area contributed by atoms with Gasteiger partial charge in [-0.15, -0.1) is 4.40 Å². The molecule has 168 valence electrons. The van der Waals surface area contributed by atoms with Crippen LogP contribution in [0.4, 0.5) is 5.69 Å². The van der Waals surface area contributed by atoms with Crippen LogP contribution in [-0.2, 0) is 24.3 Å². The van der Waals surface area contributed by atoms with Crippen molar-refractivity contribution in [1.29, 1.82) is 0 Å². The third-order valence-corrected chi connectivity index (χ3v) is 5.64. The summed E-state index contributed by atoms with van der Waals surface area (Å²) in [5, 5.41) is 0. The lowest BCUT2D eigenvalue weighted by molar-refractivity contribution is -0.121. The summed E-state index contributed by atoms with van der Waals surface area (Å²) in [6.07, 6.45) is 0.970. The summed E-state index contributed by atoms with van der Waals surface area (Å²) in [6, 6.07) is 10.5. The zero-order valence-corrected chi connectivity index (χ0v) is 18.5. The van der Waals surface area contributed by atoms with Crippen molar-refractivity contribution in [2.75, 3.05) is 26.1 Å². The minimum Gasteiger partial charge on any atom is -0.465 e. The van der Waals surface area contributed by atoms with Gasteiger partial charge in [0.25, 0.3) is 10.0 Å². The average Bonchev–Trinajstić information content (AvgIpc) is 3.10. The van der Waals surface area contributed by atoms with Crippen LogP contribution in [-0.4, -0.2) is 58.6 Å². The number of ether oxygens (including phenoxy) is 2. The Morgan fingerprint density at radius 1 is 1.09 bits per heavy atom. The molecule has 0 unspecified atom stereocenters. The van der Waals surface area contributed by atoms with E-state index in [1.165, 1.54) is 11.0 Å². The molecular weight excluding hydrogens is 438 g/mol. The number of rotatable bonds is 7. The Labute approximate surface area is 185 Å². The van der Waals surface area contributed by atoms with Gasteiger partial charge in [-0.05, 0) is 24.3 Å². The summed E-state index contributed by atoms with van der Waals surface area (Å²) in [5.41, 5.74) is -0.364. The number of anilines is 1. The fraction of sp³-hybridized carbons (Fsp3) is 0.238. The molecule has 1 aliphatic heterocycles. The van der Waals surface area contributed by atoms with Crippen LogP contribution in [0.2, 0.25) is 0 Å². The van der Waals surface area contributed by atoms with E-state index in [0.29, 0.717) is 0 Å². The summed E-state index contributed by atoms with van der Waals surface area (Å²) in [6.45, 7) is 0. The molecule has 1 fully saturated rings. The topological polar surface area (TPSA) is 123 Å². The number of nitrogens with zero attached hydrogens (tertiary/aromatic N) is 3. The first-order valence-corrected chi connectivity index (χ1v) is 10.9. The predicted molar refractivity (Wildman–Crippen MR) is 115 cm³/mol. The number of amides is 2. The van der Waals surface area contributed by atoms with Gasteiger partial charge in [0, 0.05) is 26.9 Å². The Morgan fingerprint density at radius 2 is 1.72 bits per heavy atom. The molecule has 32 heavy (non-hydrogen) atoms. The highest BCUT2D eigenvalue weighted by atomic mass is 32.2. The fourth-order valence-electron chi connectivity index (χ4n) is 2.95. The van der Waals surface area contributed by atoms with Crippen molar-refractivity contribution in [2.45, 2.75) is 17.7 Å². The maximum Gasteiger partial charge on any atom is 0.337 e. The largest absolute Gasteiger partial charge is 0.465 e. The van der Waals surface area contributed by atoms with Crippen LogP contribution in [0.1, 0.15) is 23.2 Å².